The van der Waals surface area contributed by atoms with Crippen molar-refractivity contribution in [3.05, 3.63) is 65.2 Å². The minimum atomic E-state index is -0.699. The van der Waals surface area contributed by atoms with Crippen LogP contribution >= 0.6 is 0 Å². The van der Waals surface area contributed by atoms with Crippen LogP contribution in [0.2, 0.25) is 0 Å². The smallest absolute Gasteiger partial charge is 0.251 e. The molecule has 0 bridgehead atoms. The van der Waals surface area contributed by atoms with Crippen LogP contribution in [0.4, 0.5) is 5.69 Å². The summed E-state index contributed by atoms with van der Waals surface area (Å²) >= 11 is 0. The fraction of sp³-hybridized carbons (Fsp3) is 0.348. The molecule has 154 valence electrons. The molecule has 2 aromatic rings. The molecule has 0 aromatic heterocycles. The van der Waals surface area contributed by atoms with Gasteiger partial charge in [0.05, 0.1) is 6.42 Å². The highest BCUT2D eigenvalue weighted by molar-refractivity contribution is 6.01. The fourth-order valence-corrected chi connectivity index (χ4v) is 2.70. The van der Waals surface area contributed by atoms with Crippen molar-refractivity contribution in [2.24, 2.45) is 0 Å². The van der Waals surface area contributed by atoms with E-state index >= 15 is 0 Å². The van der Waals surface area contributed by atoms with Gasteiger partial charge < -0.3 is 16.0 Å². The maximum atomic E-state index is 12.4. The van der Waals surface area contributed by atoms with Gasteiger partial charge >= 0.3 is 0 Å². The summed E-state index contributed by atoms with van der Waals surface area (Å²) in [6, 6.07) is 13.7. The first kappa shape index (κ1) is 22.1. The van der Waals surface area contributed by atoms with Gasteiger partial charge in [0.2, 0.25) is 11.8 Å². The van der Waals surface area contributed by atoms with Crippen LogP contribution in [0.1, 0.15) is 49.2 Å². The number of carbonyl (C=O) groups is 3. The van der Waals surface area contributed by atoms with E-state index < -0.39 is 6.04 Å². The van der Waals surface area contributed by atoms with E-state index in [9.17, 15) is 14.4 Å². The number of likely N-dealkylation sites (N-methyl/N-ethyl adjacent to an activating group) is 1. The van der Waals surface area contributed by atoms with E-state index in [-0.39, 0.29) is 29.6 Å². The summed E-state index contributed by atoms with van der Waals surface area (Å²) in [6.45, 7) is 7.97. The Kier molecular flexibility index (Phi) is 7.15. The van der Waals surface area contributed by atoms with Crippen molar-refractivity contribution in [2.75, 3.05) is 12.4 Å². The number of carbonyl (C=O) groups excluding carboxylic acids is 3. The zero-order valence-corrected chi connectivity index (χ0v) is 17.6. The molecule has 0 aliphatic heterocycles. The van der Waals surface area contributed by atoms with E-state index in [4.69, 9.17) is 0 Å². The molecule has 3 amide bonds. The molecule has 3 N–H and O–H groups in total. The van der Waals surface area contributed by atoms with Gasteiger partial charge in [-0.15, -0.1) is 0 Å². The summed E-state index contributed by atoms with van der Waals surface area (Å²) in [7, 11) is 1.59. The van der Waals surface area contributed by atoms with Crippen molar-refractivity contribution < 1.29 is 14.4 Å². The van der Waals surface area contributed by atoms with E-state index in [0.717, 1.165) is 11.1 Å². The average molecular weight is 396 g/mol. The van der Waals surface area contributed by atoms with Crippen molar-refractivity contribution in [1.82, 2.24) is 10.6 Å². The highest BCUT2D eigenvalue weighted by Gasteiger charge is 2.18. The largest absolute Gasteiger partial charge is 0.359 e. The second-order valence-corrected chi connectivity index (χ2v) is 8.06. The van der Waals surface area contributed by atoms with Crippen molar-refractivity contribution in [3.8, 4) is 0 Å². The molecule has 0 saturated carbocycles. The molecule has 0 saturated heterocycles. The van der Waals surface area contributed by atoms with Gasteiger partial charge in [-0.2, -0.15) is 0 Å². The monoisotopic (exact) mass is 395 g/mol. The molecule has 1 unspecified atom stereocenters. The Morgan fingerprint density at radius 2 is 1.52 bits per heavy atom. The summed E-state index contributed by atoms with van der Waals surface area (Å²) in [5.74, 6) is -0.689. The van der Waals surface area contributed by atoms with Crippen LogP contribution in [0.25, 0.3) is 0 Å². The minimum absolute atomic E-state index is 0.0120. The predicted molar refractivity (Wildman–Crippen MR) is 115 cm³/mol. The minimum Gasteiger partial charge on any atom is -0.359 e. The molecule has 1 atom stereocenters. The fourth-order valence-electron chi connectivity index (χ4n) is 2.70. The Hall–Kier alpha value is -3.15. The molecular weight excluding hydrogens is 366 g/mol. The highest BCUT2D eigenvalue weighted by atomic mass is 16.2. The molecule has 0 aliphatic rings. The summed E-state index contributed by atoms with van der Waals surface area (Å²) in [4.78, 5) is 36.2. The lowest BCUT2D eigenvalue weighted by atomic mass is 9.86. The third-order valence-corrected chi connectivity index (χ3v) is 4.62. The number of nitrogens with one attached hydrogen (secondary N) is 3. The SMILES string of the molecule is CNC(=O)Cc1ccc(NC(=O)C(C)NC(=O)c2ccc(C(C)(C)C)cc2)cc1. The number of rotatable bonds is 6. The molecule has 0 fully saturated rings. The van der Waals surface area contributed by atoms with Gasteiger partial charge in [0.25, 0.3) is 5.91 Å². The third-order valence-electron chi connectivity index (χ3n) is 4.62. The van der Waals surface area contributed by atoms with E-state index in [1.165, 1.54) is 0 Å². The molecule has 0 aliphatic carbocycles. The molecule has 2 rings (SSSR count). The molecule has 0 spiro atoms. The number of anilines is 1. The van der Waals surface area contributed by atoms with E-state index in [1.54, 1.807) is 50.4 Å². The first-order valence-corrected chi connectivity index (χ1v) is 9.62. The number of hydrogen-bond donors (Lipinski definition) is 3. The van der Waals surface area contributed by atoms with Gasteiger partial charge in [-0.1, -0.05) is 45.0 Å². The van der Waals surface area contributed by atoms with Crippen molar-refractivity contribution in [3.63, 3.8) is 0 Å². The van der Waals surface area contributed by atoms with Crippen LogP contribution in [0.15, 0.2) is 48.5 Å². The second kappa shape index (κ2) is 9.37. The van der Waals surface area contributed by atoms with Crippen molar-refractivity contribution >= 4 is 23.4 Å². The van der Waals surface area contributed by atoms with Gasteiger partial charge in [-0.3, -0.25) is 14.4 Å². The quantitative estimate of drug-likeness (QED) is 0.703. The van der Waals surface area contributed by atoms with Crippen LogP contribution in [-0.4, -0.2) is 30.8 Å². The summed E-state index contributed by atoms with van der Waals surface area (Å²) in [5, 5.41) is 8.05. The Morgan fingerprint density at radius 3 is 2.03 bits per heavy atom. The van der Waals surface area contributed by atoms with Gasteiger partial charge in [0.1, 0.15) is 6.04 Å². The van der Waals surface area contributed by atoms with E-state index in [1.807, 2.05) is 12.1 Å². The third kappa shape index (κ3) is 6.45. The standard InChI is InChI=1S/C23H29N3O3/c1-15(25-22(29)17-8-10-18(11-9-17)23(2,3)4)21(28)26-19-12-6-16(7-13-19)14-20(27)24-5/h6-13,15H,14H2,1-5H3,(H,24,27)(H,25,29)(H,26,28). The Bertz CT molecular complexity index is 866. The molecule has 2 aromatic carbocycles. The van der Waals surface area contributed by atoms with Gasteiger partial charge in [-0.25, -0.2) is 0 Å². The van der Waals surface area contributed by atoms with Crippen LogP contribution in [0, 0.1) is 0 Å². The van der Waals surface area contributed by atoms with E-state index in [0.29, 0.717) is 11.3 Å². The van der Waals surface area contributed by atoms with Crippen LogP contribution < -0.4 is 16.0 Å². The normalized spacial score (nSPS) is 12.0. The molecule has 0 heterocycles. The van der Waals surface area contributed by atoms with E-state index in [2.05, 4.69) is 36.7 Å². The molecule has 6 nitrogen and oxygen atoms in total. The molecular formula is C23H29N3O3. The van der Waals surface area contributed by atoms with Crippen LogP contribution in [0.3, 0.4) is 0 Å². The highest BCUT2D eigenvalue weighted by Crippen LogP contribution is 2.22. The maximum absolute atomic E-state index is 12.4. The maximum Gasteiger partial charge on any atom is 0.251 e. The lowest BCUT2D eigenvalue weighted by molar-refractivity contribution is -0.120. The number of benzene rings is 2. The summed E-state index contributed by atoms with van der Waals surface area (Å²) in [6.07, 6.45) is 0.283. The first-order valence-electron chi connectivity index (χ1n) is 9.62. The molecule has 6 heteroatoms. The van der Waals surface area contributed by atoms with Crippen LogP contribution in [0.5, 0.6) is 0 Å². The Balaban J connectivity index is 1.93. The molecule has 29 heavy (non-hydrogen) atoms. The second-order valence-electron chi connectivity index (χ2n) is 8.06. The van der Waals surface area contributed by atoms with Gasteiger partial charge in [0.15, 0.2) is 0 Å². The Morgan fingerprint density at radius 1 is 0.931 bits per heavy atom. The molecule has 0 radical (unpaired) electrons. The van der Waals surface area contributed by atoms with Crippen molar-refractivity contribution in [2.45, 2.75) is 45.6 Å². The van der Waals surface area contributed by atoms with Crippen molar-refractivity contribution in [1.29, 1.82) is 0 Å². The Labute approximate surface area is 172 Å². The first-order chi connectivity index (χ1) is 13.6. The topological polar surface area (TPSA) is 87.3 Å². The van der Waals surface area contributed by atoms with Crippen LogP contribution in [-0.2, 0) is 21.4 Å². The number of amides is 3. The zero-order chi connectivity index (χ0) is 21.6. The zero-order valence-electron chi connectivity index (χ0n) is 17.6. The van der Waals surface area contributed by atoms with Gasteiger partial charge in [0, 0.05) is 18.3 Å². The summed E-state index contributed by atoms with van der Waals surface area (Å²) in [5.41, 5.74) is 3.11. The summed E-state index contributed by atoms with van der Waals surface area (Å²) < 4.78 is 0. The lowest BCUT2D eigenvalue weighted by Gasteiger charge is -2.19. The lowest BCUT2D eigenvalue weighted by Crippen LogP contribution is -2.41. The van der Waals surface area contributed by atoms with Gasteiger partial charge in [-0.05, 0) is 47.7 Å². The predicted octanol–water partition coefficient (Wildman–Crippen LogP) is 3.03. The number of hydrogen-bond acceptors (Lipinski definition) is 3. The average Bonchev–Trinajstić information content (AvgIpc) is 2.68.